The van der Waals surface area contributed by atoms with Crippen LogP contribution in [0, 0.1) is 0 Å². The van der Waals surface area contributed by atoms with E-state index in [1.165, 1.54) is 26.8 Å². The molecule has 3 aromatic carbocycles. The molecule has 1 atom stereocenters. The van der Waals surface area contributed by atoms with Crippen molar-refractivity contribution in [3.05, 3.63) is 120 Å². The quantitative estimate of drug-likeness (QED) is 0.182. The number of anilines is 1. The maximum Gasteiger partial charge on any atom is 0.409 e. The molecule has 0 radical (unpaired) electrons. The number of piperidine rings is 1. The molecule has 1 saturated heterocycles. The van der Waals surface area contributed by atoms with E-state index in [2.05, 4.69) is 36.1 Å². The van der Waals surface area contributed by atoms with E-state index in [0.717, 1.165) is 13.1 Å². The van der Waals surface area contributed by atoms with E-state index in [9.17, 15) is 13.2 Å². The van der Waals surface area contributed by atoms with Crippen LogP contribution in [0.4, 0.5) is 10.5 Å². The molecule has 7 nitrogen and oxygen atoms in total. The fourth-order valence-electron chi connectivity index (χ4n) is 5.30. The summed E-state index contributed by atoms with van der Waals surface area (Å²) in [6.07, 6.45) is 0.698. The number of benzene rings is 3. The molecule has 5 rings (SSSR count). The van der Waals surface area contributed by atoms with Crippen LogP contribution in [0.2, 0.25) is 0 Å². The number of thiophene rings is 1. The highest BCUT2D eigenvalue weighted by atomic mass is 32.2. The molecule has 228 valence electrons. The lowest BCUT2D eigenvalue weighted by atomic mass is 10.0. The molecule has 0 aliphatic carbocycles. The molecule has 1 aromatic heterocycles. The predicted octanol–water partition coefficient (Wildman–Crippen LogP) is 6.75. The molecule has 0 bridgehead atoms. The van der Waals surface area contributed by atoms with E-state index in [4.69, 9.17) is 4.74 Å². The first-order chi connectivity index (χ1) is 20.4. The van der Waals surface area contributed by atoms with Gasteiger partial charge in [-0.05, 0) is 54.5 Å². The lowest BCUT2D eigenvalue weighted by Crippen LogP contribution is -2.49. The Morgan fingerprint density at radius 1 is 0.860 bits per heavy atom. The van der Waals surface area contributed by atoms with Crippen molar-refractivity contribution in [1.29, 1.82) is 0 Å². The molecule has 0 N–H and O–H groups in total. The number of nitrogens with zero attached hydrogens (tertiary/aromatic N) is 3. The number of para-hydroxylation sites is 1. The van der Waals surface area contributed by atoms with Crippen molar-refractivity contribution >= 4 is 46.6 Å². The van der Waals surface area contributed by atoms with Crippen LogP contribution in [0.3, 0.4) is 0 Å². The SMILES string of the molecule is C[C@@H](COC(=O)N1CCC(N(c2ccccc2)S(=O)(=O)c2cccs2)CC1)N(Cc1ccccc1)Cc1ccccc1.S. The number of sulfonamides is 1. The molecule has 0 saturated carbocycles. The Kier molecular flexibility index (Phi) is 11.7. The smallest absolute Gasteiger partial charge is 0.409 e. The average Bonchev–Trinajstić information content (AvgIpc) is 3.58. The highest BCUT2D eigenvalue weighted by molar-refractivity contribution is 7.94. The maximum absolute atomic E-state index is 13.6. The van der Waals surface area contributed by atoms with E-state index >= 15 is 0 Å². The predicted molar refractivity (Wildman–Crippen MR) is 178 cm³/mol. The van der Waals surface area contributed by atoms with Crippen LogP contribution < -0.4 is 4.31 Å². The lowest BCUT2D eigenvalue weighted by Gasteiger charge is -2.38. The number of hydrogen-bond acceptors (Lipinski definition) is 6. The Morgan fingerprint density at radius 2 is 1.40 bits per heavy atom. The lowest BCUT2D eigenvalue weighted by molar-refractivity contribution is 0.0592. The van der Waals surface area contributed by atoms with E-state index in [-0.39, 0.29) is 38.3 Å². The monoisotopic (exact) mass is 637 g/mol. The molecule has 10 heteroatoms. The third-order valence-corrected chi connectivity index (χ3v) is 10.9. The van der Waals surface area contributed by atoms with Gasteiger partial charge in [0.2, 0.25) is 0 Å². The molecule has 1 aliphatic heterocycles. The standard InChI is InChI=1S/C33H37N3O4S2.H2S/c1-27(35(24-28-12-5-2-6-13-28)25-29-14-7-3-8-15-29)26-40-33(37)34-21-19-31(20-22-34)36(30-16-9-4-10-17-30)42(38,39)32-18-11-23-41-32;/h2-18,23,27,31H,19-22,24-26H2,1H3;1H2/t27-;/m0./s1. The van der Waals surface area contributed by atoms with Gasteiger partial charge in [0.1, 0.15) is 10.8 Å². The van der Waals surface area contributed by atoms with E-state index in [0.29, 0.717) is 35.8 Å². The van der Waals surface area contributed by atoms with Crippen LogP contribution in [-0.4, -0.2) is 56.1 Å². The second kappa shape index (κ2) is 15.4. The number of carbonyl (C=O) groups excluding carboxylic acids is 1. The Balaban J connectivity index is 0.00000423. The summed E-state index contributed by atoms with van der Waals surface area (Å²) in [6, 6.07) is 33.0. The molecule has 43 heavy (non-hydrogen) atoms. The van der Waals surface area contributed by atoms with Crippen LogP contribution in [-0.2, 0) is 27.8 Å². The van der Waals surface area contributed by atoms with Crippen LogP contribution in [0.5, 0.6) is 0 Å². The van der Waals surface area contributed by atoms with Gasteiger partial charge in [-0.3, -0.25) is 9.21 Å². The van der Waals surface area contributed by atoms with Gasteiger partial charge in [-0.25, -0.2) is 13.2 Å². The number of hydrogen-bond donors (Lipinski definition) is 0. The van der Waals surface area contributed by atoms with E-state index < -0.39 is 10.0 Å². The summed E-state index contributed by atoms with van der Waals surface area (Å²) in [4.78, 5) is 17.1. The highest BCUT2D eigenvalue weighted by Gasteiger charge is 2.36. The first-order valence-electron chi connectivity index (χ1n) is 14.3. The summed E-state index contributed by atoms with van der Waals surface area (Å²) in [5.74, 6) is 0. The normalized spacial score (nSPS) is 14.6. The Labute approximate surface area is 266 Å². The van der Waals surface area contributed by atoms with Crippen LogP contribution in [0.25, 0.3) is 0 Å². The fourth-order valence-corrected chi connectivity index (χ4v) is 8.09. The second-order valence-electron chi connectivity index (χ2n) is 10.6. The van der Waals surface area contributed by atoms with Crippen LogP contribution in [0.1, 0.15) is 30.9 Å². The molecule has 4 aromatic rings. The van der Waals surface area contributed by atoms with Crippen molar-refractivity contribution in [3.8, 4) is 0 Å². The van der Waals surface area contributed by atoms with Crippen molar-refractivity contribution in [2.75, 3.05) is 24.0 Å². The molecule has 1 amide bonds. The van der Waals surface area contributed by atoms with Gasteiger partial charge in [0.05, 0.1) is 5.69 Å². The molecule has 1 fully saturated rings. The minimum absolute atomic E-state index is 0. The van der Waals surface area contributed by atoms with Gasteiger partial charge >= 0.3 is 6.09 Å². The number of rotatable bonds is 11. The van der Waals surface area contributed by atoms with Crippen molar-refractivity contribution < 1.29 is 17.9 Å². The Hall–Kier alpha value is -3.31. The van der Waals surface area contributed by atoms with Gasteiger partial charge in [0, 0.05) is 38.3 Å². The minimum atomic E-state index is -3.72. The molecule has 0 unspecified atom stereocenters. The largest absolute Gasteiger partial charge is 0.448 e. The van der Waals surface area contributed by atoms with Gasteiger partial charge < -0.3 is 9.64 Å². The summed E-state index contributed by atoms with van der Waals surface area (Å²) in [6.45, 7) is 4.69. The zero-order valence-corrected chi connectivity index (χ0v) is 26.9. The number of carbonyl (C=O) groups is 1. The van der Waals surface area contributed by atoms with Gasteiger partial charge in [-0.1, -0.05) is 84.9 Å². The number of amides is 1. The van der Waals surface area contributed by atoms with Crippen molar-refractivity contribution in [2.24, 2.45) is 0 Å². The van der Waals surface area contributed by atoms with Gasteiger partial charge in [0.25, 0.3) is 10.0 Å². The third kappa shape index (κ3) is 8.41. The summed E-state index contributed by atoms with van der Waals surface area (Å²) in [7, 11) is -3.72. The molecule has 2 heterocycles. The zero-order valence-electron chi connectivity index (χ0n) is 24.3. The Bertz CT molecular complexity index is 1460. The van der Waals surface area contributed by atoms with Crippen LogP contribution in [0.15, 0.2) is 113 Å². The second-order valence-corrected chi connectivity index (χ2v) is 13.6. The van der Waals surface area contributed by atoms with E-state index in [1.807, 2.05) is 66.7 Å². The molecular formula is C33H39N3O4S3. The van der Waals surface area contributed by atoms with E-state index in [1.54, 1.807) is 22.4 Å². The minimum Gasteiger partial charge on any atom is -0.448 e. The first-order valence-corrected chi connectivity index (χ1v) is 16.6. The summed E-state index contributed by atoms with van der Waals surface area (Å²) >= 11 is 1.22. The topological polar surface area (TPSA) is 70.2 Å². The van der Waals surface area contributed by atoms with Gasteiger partial charge in [-0.15, -0.1) is 11.3 Å². The third-order valence-electron chi connectivity index (χ3n) is 7.60. The van der Waals surface area contributed by atoms with Crippen LogP contribution >= 0.6 is 24.8 Å². The number of likely N-dealkylation sites (tertiary alicyclic amines) is 1. The summed E-state index contributed by atoms with van der Waals surface area (Å²) in [5.41, 5.74) is 3.04. The average molecular weight is 638 g/mol. The van der Waals surface area contributed by atoms with Gasteiger partial charge in [0.15, 0.2) is 0 Å². The molecular weight excluding hydrogens is 599 g/mol. The maximum atomic E-state index is 13.6. The zero-order chi connectivity index (χ0) is 29.4. The molecule has 1 aliphatic rings. The summed E-state index contributed by atoms with van der Waals surface area (Å²) in [5, 5.41) is 1.77. The number of ether oxygens (including phenoxy) is 1. The van der Waals surface area contributed by atoms with Crippen molar-refractivity contribution in [1.82, 2.24) is 9.80 Å². The van der Waals surface area contributed by atoms with Gasteiger partial charge in [-0.2, -0.15) is 13.5 Å². The molecule has 0 spiro atoms. The fraction of sp³-hybridized carbons (Fsp3) is 0.303. The summed E-state index contributed by atoms with van der Waals surface area (Å²) < 4.78 is 35.0. The Morgan fingerprint density at radius 3 is 1.91 bits per heavy atom. The van der Waals surface area contributed by atoms with Crippen molar-refractivity contribution in [3.63, 3.8) is 0 Å². The van der Waals surface area contributed by atoms with Crippen molar-refractivity contribution in [2.45, 2.75) is 49.1 Å². The first kappa shape index (κ1) is 32.6. The highest BCUT2D eigenvalue weighted by Crippen LogP contribution is 2.32.